The minimum atomic E-state index is 0.255. The number of imidazole rings is 1. The van der Waals surface area contributed by atoms with Crippen molar-refractivity contribution in [3.8, 4) is 11.4 Å². The minimum absolute atomic E-state index is 0.255. The molecule has 1 saturated carbocycles. The topological polar surface area (TPSA) is 43.1 Å². The molecule has 0 aliphatic heterocycles. The van der Waals surface area contributed by atoms with E-state index in [1.54, 1.807) is 6.20 Å². The van der Waals surface area contributed by atoms with E-state index in [4.69, 9.17) is 11.6 Å². The number of aromatic nitrogens is 4. The molecule has 3 heterocycles. The lowest BCUT2D eigenvalue weighted by atomic mass is 10.2. The van der Waals surface area contributed by atoms with Crippen LogP contribution in [0.5, 0.6) is 0 Å². The fourth-order valence-electron chi connectivity index (χ4n) is 2.32. The van der Waals surface area contributed by atoms with Crippen molar-refractivity contribution in [3.63, 3.8) is 0 Å². The zero-order chi connectivity index (χ0) is 12.8. The summed E-state index contributed by atoms with van der Waals surface area (Å²) in [6, 6.07) is 6.07. The summed E-state index contributed by atoms with van der Waals surface area (Å²) in [4.78, 5) is 12.6. The van der Waals surface area contributed by atoms with Crippen LogP contribution in [0.1, 0.15) is 24.3 Å². The fraction of sp³-hybridized carbons (Fsp3) is 0.214. The molecule has 0 N–H and O–H groups in total. The third-order valence-electron chi connectivity index (χ3n) is 3.47. The van der Waals surface area contributed by atoms with Crippen molar-refractivity contribution in [1.29, 1.82) is 0 Å². The molecule has 94 valence electrons. The van der Waals surface area contributed by atoms with Gasteiger partial charge in [-0.05, 0) is 48.1 Å². The summed E-state index contributed by atoms with van der Waals surface area (Å²) in [5.41, 5.74) is 4.03. The monoisotopic (exact) mass is 270 g/mol. The van der Waals surface area contributed by atoms with E-state index in [2.05, 4.69) is 37.7 Å². The highest BCUT2D eigenvalue weighted by molar-refractivity contribution is 6.28. The summed E-state index contributed by atoms with van der Waals surface area (Å²) < 4.78 is 2.08. The molecule has 0 amide bonds. The first kappa shape index (κ1) is 10.9. The van der Waals surface area contributed by atoms with Crippen molar-refractivity contribution in [2.45, 2.75) is 18.8 Å². The molecule has 1 fully saturated rings. The van der Waals surface area contributed by atoms with E-state index in [0.717, 1.165) is 17.0 Å². The third kappa shape index (κ3) is 1.88. The number of fused-ring (bicyclic) bond motifs is 1. The molecule has 5 heteroatoms. The maximum Gasteiger partial charge on any atom is 0.222 e. The molecule has 1 aliphatic carbocycles. The number of rotatable bonds is 2. The van der Waals surface area contributed by atoms with Gasteiger partial charge in [0.15, 0.2) is 0 Å². The molecule has 0 atom stereocenters. The van der Waals surface area contributed by atoms with Gasteiger partial charge in [0.05, 0.1) is 17.6 Å². The molecule has 0 saturated heterocycles. The van der Waals surface area contributed by atoms with Gasteiger partial charge >= 0.3 is 0 Å². The van der Waals surface area contributed by atoms with Gasteiger partial charge < -0.3 is 0 Å². The Bertz CT molecular complexity index is 761. The Morgan fingerprint density at radius 1 is 1.16 bits per heavy atom. The van der Waals surface area contributed by atoms with Gasteiger partial charge in [-0.3, -0.25) is 4.40 Å². The molecule has 4 rings (SSSR count). The Balaban J connectivity index is 1.91. The average molecular weight is 271 g/mol. The van der Waals surface area contributed by atoms with Crippen LogP contribution in [0.4, 0.5) is 0 Å². The minimum Gasteiger partial charge on any atom is -0.298 e. The van der Waals surface area contributed by atoms with Crippen LogP contribution in [0.25, 0.3) is 17.0 Å². The Kier molecular flexibility index (Phi) is 2.32. The second-order valence-electron chi connectivity index (χ2n) is 4.82. The summed E-state index contributed by atoms with van der Waals surface area (Å²) in [5, 5.41) is 0.255. The summed E-state index contributed by atoms with van der Waals surface area (Å²) >= 11 is 5.85. The number of hydrogen-bond donors (Lipinski definition) is 0. The van der Waals surface area contributed by atoms with Crippen LogP contribution in [0.15, 0.2) is 36.8 Å². The highest BCUT2D eigenvalue weighted by Crippen LogP contribution is 2.40. The van der Waals surface area contributed by atoms with E-state index in [1.807, 2.05) is 12.3 Å². The Hall–Kier alpha value is -1.94. The molecule has 0 unspecified atom stereocenters. The second-order valence-corrected chi connectivity index (χ2v) is 5.16. The Morgan fingerprint density at radius 2 is 2.05 bits per heavy atom. The van der Waals surface area contributed by atoms with Crippen LogP contribution >= 0.6 is 11.6 Å². The summed E-state index contributed by atoms with van der Waals surface area (Å²) in [5.74, 6) is 0.716. The van der Waals surface area contributed by atoms with E-state index in [1.165, 1.54) is 18.4 Å². The highest BCUT2D eigenvalue weighted by atomic mass is 35.5. The molecule has 0 bridgehead atoms. The molecular weight excluding hydrogens is 260 g/mol. The normalized spacial score (nSPS) is 15.0. The number of nitrogens with zero attached hydrogens (tertiary/aromatic N) is 4. The zero-order valence-corrected chi connectivity index (χ0v) is 10.9. The lowest BCUT2D eigenvalue weighted by Crippen LogP contribution is -1.93. The largest absolute Gasteiger partial charge is 0.298 e. The van der Waals surface area contributed by atoms with Gasteiger partial charge in [0.2, 0.25) is 5.28 Å². The molecule has 0 aromatic carbocycles. The lowest BCUT2D eigenvalue weighted by molar-refractivity contribution is 1.05. The molecule has 4 nitrogen and oxygen atoms in total. The number of pyridine rings is 1. The SMILES string of the molecule is Clc1nccc(-c2cnc3ccc(C4CC4)cn23)n1. The number of hydrogen-bond acceptors (Lipinski definition) is 3. The van der Waals surface area contributed by atoms with E-state index >= 15 is 0 Å². The molecule has 3 aromatic heterocycles. The second kappa shape index (κ2) is 4.03. The summed E-state index contributed by atoms with van der Waals surface area (Å²) in [6.45, 7) is 0. The fourth-order valence-corrected chi connectivity index (χ4v) is 2.47. The lowest BCUT2D eigenvalue weighted by Gasteiger charge is -2.04. The van der Waals surface area contributed by atoms with Crippen LogP contribution in [0.3, 0.4) is 0 Å². The Morgan fingerprint density at radius 3 is 2.84 bits per heavy atom. The van der Waals surface area contributed by atoms with Crippen LogP contribution in [-0.2, 0) is 0 Å². The van der Waals surface area contributed by atoms with E-state index < -0.39 is 0 Å². The standard InChI is InChI=1S/C14H11ClN4/c15-14-16-6-5-11(18-14)12-7-17-13-4-3-10(8-19(12)13)9-1-2-9/h3-9H,1-2H2. The summed E-state index contributed by atoms with van der Waals surface area (Å²) in [7, 11) is 0. The Labute approximate surface area is 115 Å². The smallest absolute Gasteiger partial charge is 0.222 e. The van der Waals surface area contributed by atoms with Crippen LogP contribution in [0.2, 0.25) is 5.28 Å². The molecule has 1 aliphatic rings. The van der Waals surface area contributed by atoms with Crippen LogP contribution in [0, 0.1) is 0 Å². The predicted molar refractivity (Wildman–Crippen MR) is 73.2 cm³/mol. The first-order valence-electron chi connectivity index (χ1n) is 6.27. The van der Waals surface area contributed by atoms with E-state index in [-0.39, 0.29) is 5.28 Å². The average Bonchev–Trinajstić information content (AvgIpc) is 3.18. The van der Waals surface area contributed by atoms with E-state index in [9.17, 15) is 0 Å². The first-order valence-corrected chi connectivity index (χ1v) is 6.65. The molecule has 0 radical (unpaired) electrons. The molecule has 0 spiro atoms. The van der Waals surface area contributed by atoms with Crippen molar-refractivity contribution in [1.82, 2.24) is 19.4 Å². The van der Waals surface area contributed by atoms with Gasteiger partial charge in [0, 0.05) is 12.4 Å². The van der Waals surface area contributed by atoms with Crippen molar-refractivity contribution in [3.05, 3.63) is 47.6 Å². The molecule has 19 heavy (non-hydrogen) atoms. The molecule has 3 aromatic rings. The first-order chi connectivity index (χ1) is 9.31. The van der Waals surface area contributed by atoms with Crippen molar-refractivity contribution >= 4 is 17.2 Å². The van der Waals surface area contributed by atoms with Gasteiger partial charge in [0.25, 0.3) is 0 Å². The quantitative estimate of drug-likeness (QED) is 0.671. The van der Waals surface area contributed by atoms with Crippen molar-refractivity contribution < 1.29 is 0 Å². The maximum atomic E-state index is 5.85. The van der Waals surface area contributed by atoms with Crippen LogP contribution < -0.4 is 0 Å². The third-order valence-corrected chi connectivity index (χ3v) is 3.65. The van der Waals surface area contributed by atoms with Crippen LogP contribution in [-0.4, -0.2) is 19.4 Å². The van der Waals surface area contributed by atoms with Gasteiger partial charge in [-0.25, -0.2) is 15.0 Å². The van der Waals surface area contributed by atoms with Crippen molar-refractivity contribution in [2.24, 2.45) is 0 Å². The van der Waals surface area contributed by atoms with Gasteiger partial charge in [-0.2, -0.15) is 0 Å². The van der Waals surface area contributed by atoms with Crippen molar-refractivity contribution in [2.75, 3.05) is 0 Å². The van der Waals surface area contributed by atoms with E-state index in [0.29, 0.717) is 5.92 Å². The maximum absolute atomic E-state index is 5.85. The van der Waals surface area contributed by atoms with Gasteiger partial charge in [0.1, 0.15) is 5.65 Å². The van der Waals surface area contributed by atoms with Gasteiger partial charge in [-0.1, -0.05) is 6.07 Å². The number of halogens is 1. The highest BCUT2D eigenvalue weighted by Gasteiger charge is 2.24. The summed E-state index contributed by atoms with van der Waals surface area (Å²) in [6.07, 6.45) is 8.22. The molecular formula is C14H11ClN4. The predicted octanol–water partition coefficient (Wildman–Crippen LogP) is 3.32. The zero-order valence-electron chi connectivity index (χ0n) is 10.1. The van der Waals surface area contributed by atoms with Gasteiger partial charge in [-0.15, -0.1) is 0 Å².